The fourth-order valence-corrected chi connectivity index (χ4v) is 2.49. The molecule has 2 aromatic rings. The lowest BCUT2D eigenvalue weighted by Crippen LogP contribution is -2.20. The summed E-state index contributed by atoms with van der Waals surface area (Å²) >= 11 is 7.41. The molecular formula is C12H11ClF2N2O2S. The Balaban J connectivity index is 1.92. The van der Waals surface area contributed by atoms with Crippen molar-refractivity contribution in [2.24, 2.45) is 0 Å². The summed E-state index contributed by atoms with van der Waals surface area (Å²) in [4.78, 5) is 4.81. The molecule has 1 aromatic heterocycles. The SMILES string of the molecule is OC(Cc1nc(CSc2ccccc2Cl)no1)C(F)F. The molecule has 0 saturated carbocycles. The van der Waals surface area contributed by atoms with E-state index in [1.54, 1.807) is 6.07 Å². The summed E-state index contributed by atoms with van der Waals surface area (Å²) in [5.41, 5.74) is 0. The van der Waals surface area contributed by atoms with Gasteiger partial charge in [0.05, 0.1) is 17.2 Å². The number of aliphatic hydroxyl groups is 1. The Bertz CT molecular complexity index is 568. The van der Waals surface area contributed by atoms with E-state index in [-0.39, 0.29) is 12.3 Å². The minimum absolute atomic E-state index is 0.00689. The van der Waals surface area contributed by atoms with Crippen molar-refractivity contribution in [1.82, 2.24) is 10.1 Å². The number of rotatable bonds is 6. The normalized spacial score (nSPS) is 12.8. The molecule has 0 fully saturated rings. The first-order chi connectivity index (χ1) is 9.56. The van der Waals surface area contributed by atoms with Crippen LogP contribution in [0.3, 0.4) is 0 Å². The summed E-state index contributed by atoms with van der Waals surface area (Å²) in [6.45, 7) is 0. The Kier molecular flexibility index (Phi) is 5.33. The zero-order valence-electron chi connectivity index (χ0n) is 10.2. The maximum Gasteiger partial charge on any atom is 0.264 e. The predicted octanol–water partition coefficient (Wildman–Crippen LogP) is 3.18. The Morgan fingerprint density at radius 1 is 1.35 bits per heavy atom. The molecule has 1 atom stereocenters. The van der Waals surface area contributed by atoms with Crippen molar-refractivity contribution < 1.29 is 18.4 Å². The van der Waals surface area contributed by atoms with Gasteiger partial charge in [0.25, 0.3) is 6.43 Å². The largest absolute Gasteiger partial charge is 0.387 e. The Labute approximate surface area is 123 Å². The highest BCUT2D eigenvalue weighted by Crippen LogP contribution is 2.28. The third-order valence-electron chi connectivity index (χ3n) is 2.38. The Morgan fingerprint density at radius 2 is 2.10 bits per heavy atom. The third-order valence-corrected chi connectivity index (χ3v) is 3.89. The lowest BCUT2D eigenvalue weighted by molar-refractivity contribution is -0.00754. The lowest BCUT2D eigenvalue weighted by atomic mass is 10.2. The van der Waals surface area contributed by atoms with Gasteiger partial charge in [0.2, 0.25) is 5.89 Å². The van der Waals surface area contributed by atoms with Crippen molar-refractivity contribution in [2.45, 2.75) is 29.6 Å². The molecule has 0 saturated heterocycles. The van der Waals surface area contributed by atoms with E-state index in [2.05, 4.69) is 10.1 Å². The molecule has 1 N–H and O–H groups in total. The second-order valence-corrected chi connectivity index (χ2v) is 5.35. The van der Waals surface area contributed by atoms with Gasteiger partial charge in [-0.25, -0.2) is 8.78 Å². The number of hydrogen-bond donors (Lipinski definition) is 1. The average Bonchev–Trinajstić information content (AvgIpc) is 2.85. The molecule has 1 unspecified atom stereocenters. The second kappa shape index (κ2) is 7.01. The van der Waals surface area contributed by atoms with Gasteiger partial charge in [0, 0.05) is 4.90 Å². The van der Waals surface area contributed by atoms with Crippen molar-refractivity contribution >= 4 is 23.4 Å². The zero-order valence-corrected chi connectivity index (χ0v) is 11.7. The smallest absolute Gasteiger partial charge is 0.264 e. The van der Waals surface area contributed by atoms with Crippen LogP contribution in [0.4, 0.5) is 8.78 Å². The summed E-state index contributed by atoms with van der Waals surface area (Å²) in [5, 5.41) is 13.3. The van der Waals surface area contributed by atoms with Crippen LogP contribution in [0.15, 0.2) is 33.7 Å². The van der Waals surface area contributed by atoms with E-state index in [1.807, 2.05) is 18.2 Å². The van der Waals surface area contributed by atoms with E-state index in [4.69, 9.17) is 21.2 Å². The van der Waals surface area contributed by atoms with Crippen LogP contribution in [-0.4, -0.2) is 27.8 Å². The first-order valence-electron chi connectivity index (χ1n) is 5.71. The third kappa shape index (κ3) is 4.16. The minimum atomic E-state index is -2.83. The molecule has 20 heavy (non-hydrogen) atoms. The van der Waals surface area contributed by atoms with Crippen LogP contribution in [0.5, 0.6) is 0 Å². The summed E-state index contributed by atoms with van der Waals surface area (Å²) in [6, 6.07) is 7.30. The Morgan fingerprint density at radius 3 is 2.80 bits per heavy atom. The van der Waals surface area contributed by atoms with E-state index in [0.717, 1.165) is 4.90 Å². The summed E-state index contributed by atoms with van der Waals surface area (Å²) in [7, 11) is 0. The highest BCUT2D eigenvalue weighted by Gasteiger charge is 2.20. The van der Waals surface area contributed by atoms with E-state index in [1.165, 1.54) is 11.8 Å². The number of halogens is 3. The fourth-order valence-electron chi connectivity index (χ4n) is 1.40. The van der Waals surface area contributed by atoms with Crippen LogP contribution >= 0.6 is 23.4 Å². The number of aliphatic hydroxyl groups excluding tert-OH is 1. The number of aromatic nitrogens is 2. The molecule has 0 bridgehead atoms. The molecule has 0 amide bonds. The van der Waals surface area contributed by atoms with Gasteiger partial charge in [0.1, 0.15) is 6.10 Å². The van der Waals surface area contributed by atoms with Crippen molar-refractivity contribution in [3.63, 3.8) is 0 Å². The standard InChI is InChI=1S/C12H11ClF2N2O2S/c13-7-3-1-2-4-9(7)20-6-10-16-11(19-17-10)5-8(18)12(14)15/h1-4,8,12,18H,5-6H2. The summed E-state index contributed by atoms with van der Waals surface area (Å²) in [6.07, 6.45) is -4.98. The fraction of sp³-hybridized carbons (Fsp3) is 0.333. The minimum Gasteiger partial charge on any atom is -0.387 e. The molecule has 8 heteroatoms. The quantitative estimate of drug-likeness (QED) is 0.828. The van der Waals surface area contributed by atoms with E-state index in [0.29, 0.717) is 16.6 Å². The van der Waals surface area contributed by atoms with Crippen LogP contribution in [0.1, 0.15) is 11.7 Å². The average molecular weight is 321 g/mol. The molecule has 2 rings (SSSR count). The zero-order chi connectivity index (χ0) is 14.5. The highest BCUT2D eigenvalue weighted by molar-refractivity contribution is 7.98. The van der Waals surface area contributed by atoms with Crippen molar-refractivity contribution in [3.8, 4) is 0 Å². The van der Waals surface area contributed by atoms with Gasteiger partial charge in [-0.1, -0.05) is 28.9 Å². The molecular weight excluding hydrogens is 310 g/mol. The van der Waals surface area contributed by atoms with Crippen molar-refractivity contribution in [1.29, 1.82) is 0 Å². The molecule has 0 spiro atoms. The summed E-state index contributed by atoms with van der Waals surface area (Å²) in [5.74, 6) is 0.761. The topological polar surface area (TPSA) is 59.2 Å². The van der Waals surface area contributed by atoms with Gasteiger partial charge >= 0.3 is 0 Å². The molecule has 0 aliphatic rings. The first kappa shape index (κ1) is 15.2. The number of hydrogen-bond acceptors (Lipinski definition) is 5. The number of nitrogens with zero attached hydrogens (tertiary/aromatic N) is 2. The van der Waals surface area contributed by atoms with Crippen LogP contribution in [0.25, 0.3) is 0 Å². The van der Waals surface area contributed by atoms with Gasteiger partial charge in [-0.2, -0.15) is 4.98 Å². The number of thioether (sulfide) groups is 1. The van der Waals surface area contributed by atoms with Gasteiger partial charge in [0.15, 0.2) is 5.82 Å². The lowest BCUT2D eigenvalue weighted by Gasteiger charge is -2.04. The van der Waals surface area contributed by atoms with E-state index < -0.39 is 12.5 Å². The van der Waals surface area contributed by atoms with Crippen LogP contribution in [0, 0.1) is 0 Å². The highest BCUT2D eigenvalue weighted by atomic mass is 35.5. The van der Waals surface area contributed by atoms with E-state index in [9.17, 15) is 8.78 Å². The van der Waals surface area contributed by atoms with Gasteiger partial charge in [-0.05, 0) is 12.1 Å². The predicted molar refractivity (Wildman–Crippen MR) is 71.0 cm³/mol. The van der Waals surface area contributed by atoms with Gasteiger partial charge < -0.3 is 9.63 Å². The molecule has 4 nitrogen and oxygen atoms in total. The van der Waals surface area contributed by atoms with Crippen molar-refractivity contribution in [2.75, 3.05) is 0 Å². The van der Waals surface area contributed by atoms with E-state index >= 15 is 0 Å². The molecule has 0 radical (unpaired) electrons. The molecule has 108 valence electrons. The van der Waals surface area contributed by atoms with Crippen LogP contribution in [-0.2, 0) is 12.2 Å². The van der Waals surface area contributed by atoms with Crippen LogP contribution in [0.2, 0.25) is 5.02 Å². The maximum absolute atomic E-state index is 12.2. The molecule has 1 aromatic carbocycles. The molecule has 1 heterocycles. The monoisotopic (exact) mass is 320 g/mol. The number of alkyl halides is 2. The molecule has 0 aliphatic carbocycles. The maximum atomic E-state index is 12.2. The first-order valence-corrected chi connectivity index (χ1v) is 7.07. The van der Waals surface area contributed by atoms with Gasteiger partial charge in [-0.15, -0.1) is 11.8 Å². The second-order valence-electron chi connectivity index (χ2n) is 3.93. The Hall–Kier alpha value is -1.18. The van der Waals surface area contributed by atoms with Crippen molar-refractivity contribution in [3.05, 3.63) is 41.0 Å². The van der Waals surface area contributed by atoms with Crippen LogP contribution < -0.4 is 0 Å². The van der Waals surface area contributed by atoms with Gasteiger partial charge in [-0.3, -0.25) is 0 Å². The number of benzene rings is 1. The molecule has 0 aliphatic heterocycles. The summed E-state index contributed by atoms with van der Waals surface area (Å²) < 4.78 is 29.2.